The molecule has 0 spiro atoms. The van der Waals surface area contributed by atoms with Gasteiger partial charge in [-0.3, -0.25) is 9.59 Å². The summed E-state index contributed by atoms with van der Waals surface area (Å²) in [5.41, 5.74) is -3.93. The SMILES string of the molecule is CCCOc1c(C(=O)N(C)Cc2cc(C(F)(F)F)cc(C(F)(F)F)c2)c(=O)n(C)c2ccccc12. The van der Waals surface area contributed by atoms with Crippen LogP contribution in [0.3, 0.4) is 0 Å². The fourth-order valence-electron chi connectivity index (χ4n) is 3.66. The number of rotatable bonds is 6. The number of hydrogen-bond acceptors (Lipinski definition) is 3. The molecular formula is C24H22F6N2O3. The number of para-hydroxylation sites is 1. The Balaban J connectivity index is 2.09. The van der Waals surface area contributed by atoms with Crippen molar-refractivity contribution in [1.29, 1.82) is 0 Å². The predicted octanol–water partition coefficient (Wildman–Crippen LogP) is 5.64. The van der Waals surface area contributed by atoms with Crippen LogP contribution in [0.1, 0.15) is 40.4 Å². The van der Waals surface area contributed by atoms with Gasteiger partial charge in [0, 0.05) is 26.0 Å². The lowest BCUT2D eigenvalue weighted by molar-refractivity contribution is -0.143. The van der Waals surface area contributed by atoms with Crippen molar-refractivity contribution in [2.45, 2.75) is 32.2 Å². The Morgan fingerprint density at radius 1 is 1.00 bits per heavy atom. The molecule has 0 aliphatic carbocycles. The maximum Gasteiger partial charge on any atom is 0.416 e. The van der Waals surface area contributed by atoms with Crippen LogP contribution >= 0.6 is 0 Å². The number of aryl methyl sites for hydroxylation is 1. The largest absolute Gasteiger partial charge is 0.492 e. The highest BCUT2D eigenvalue weighted by Gasteiger charge is 2.37. The van der Waals surface area contributed by atoms with E-state index in [1.165, 1.54) is 18.7 Å². The van der Waals surface area contributed by atoms with Gasteiger partial charge in [-0.05, 0) is 42.3 Å². The first-order chi connectivity index (χ1) is 16.3. The van der Waals surface area contributed by atoms with Crippen LogP contribution in [-0.4, -0.2) is 29.0 Å². The fourth-order valence-corrected chi connectivity index (χ4v) is 3.66. The Morgan fingerprint density at radius 3 is 2.11 bits per heavy atom. The van der Waals surface area contributed by atoms with Gasteiger partial charge in [0.2, 0.25) is 0 Å². The Labute approximate surface area is 196 Å². The molecule has 1 heterocycles. The van der Waals surface area contributed by atoms with Crippen LogP contribution in [-0.2, 0) is 25.9 Å². The summed E-state index contributed by atoms with van der Waals surface area (Å²) < 4.78 is 86.2. The number of nitrogens with zero attached hydrogens (tertiary/aromatic N) is 2. The van der Waals surface area contributed by atoms with E-state index in [1.807, 2.05) is 6.92 Å². The maximum atomic E-state index is 13.3. The van der Waals surface area contributed by atoms with E-state index in [4.69, 9.17) is 4.74 Å². The number of pyridine rings is 1. The standard InChI is InChI=1S/C24H22F6N2O3/c1-4-9-35-20-17-7-5-6-8-18(17)32(3)22(34)19(20)21(33)31(2)13-14-10-15(23(25,26)27)12-16(11-14)24(28,29)30/h5-8,10-12H,4,9,13H2,1-3H3. The molecule has 0 aliphatic heterocycles. The molecule has 3 rings (SSSR count). The number of fused-ring (bicyclic) bond motifs is 1. The lowest BCUT2D eigenvalue weighted by Crippen LogP contribution is -2.34. The first-order valence-electron chi connectivity index (χ1n) is 10.5. The Kier molecular flexibility index (Phi) is 7.18. The number of benzene rings is 2. The molecule has 0 N–H and O–H groups in total. The van der Waals surface area contributed by atoms with Gasteiger partial charge in [-0.15, -0.1) is 0 Å². The lowest BCUT2D eigenvalue weighted by Gasteiger charge is -2.22. The van der Waals surface area contributed by atoms with Crippen LogP contribution < -0.4 is 10.3 Å². The first-order valence-corrected chi connectivity index (χ1v) is 10.5. The Bertz CT molecular complexity index is 1280. The van der Waals surface area contributed by atoms with Gasteiger partial charge < -0.3 is 14.2 Å². The van der Waals surface area contributed by atoms with Gasteiger partial charge in [-0.2, -0.15) is 26.3 Å². The highest BCUT2D eigenvalue weighted by molar-refractivity contribution is 6.02. The summed E-state index contributed by atoms with van der Waals surface area (Å²) in [6.07, 6.45) is -9.47. The van der Waals surface area contributed by atoms with Crippen LogP contribution in [0.4, 0.5) is 26.3 Å². The number of amides is 1. The zero-order valence-electron chi connectivity index (χ0n) is 19.0. The van der Waals surface area contributed by atoms with Gasteiger partial charge in [0.1, 0.15) is 11.3 Å². The molecule has 0 aliphatic rings. The quantitative estimate of drug-likeness (QED) is 0.412. The van der Waals surface area contributed by atoms with E-state index in [9.17, 15) is 35.9 Å². The molecule has 0 atom stereocenters. The van der Waals surface area contributed by atoms with Gasteiger partial charge in [-0.1, -0.05) is 19.1 Å². The van der Waals surface area contributed by atoms with Gasteiger partial charge in [0.25, 0.3) is 11.5 Å². The van der Waals surface area contributed by atoms with Gasteiger partial charge >= 0.3 is 12.4 Å². The van der Waals surface area contributed by atoms with Crippen molar-refractivity contribution >= 4 is 16.8 Å². The van der Waals surface area contributed by atoms with E-state index in [2.05, 4.69) is 0 Å². The smallest absolute Gasteiger partial charge is 0.416 e. The van der Waals surface area contributed by atoms with Crippen molar-refractivity contribution in [2.75, 3.05) is 13.7 Å². The molecule has 1 aromatic heterocycles. The third-order valence-corrected chi connectivity index (χ3v) is 5.33. The van der Waals surface area contributed by atoms with Crippen molar-refractivity contribution in [3.05, 3.63) is 75.1 Å². The molecule has 0 unspecified atom stereocenters. The van der Waals surface area contributed by atoms with Crippen LogP contribution in [0.2, 0.25) is 0 Å². The van der Waals surface area contributed by atoms with E-state index in [1.54, 1.807) is 24.3 Å². The second kappa shape index (κ2) is 9.63. The van der Waals surface area contributed by atoms with Crippen LogP contribution in [0, 0.1) is 0 Å². The Hall–Kier alpha value is -3.50. The summed E-state index contributed by atoms with van der Waals surface area (Å²) in [6.45, 7) is 1.40. The number of carbonyl (C=O) groups is 1. The summed E-state index contributed by atoms with van der Waals surface area (Å²) >= 11 is 0. The first kappa shape index (κ1) is 26.1. The third kappa shape index (κ3) is 5.44. The summed E-state index contributed by atoms with van der Waals surface area (Å²) in [4.78, 5) is 27.3. The van der Waals surface area contributed by atoms with Crippen molar-refractivity contribution in [1.82, 2.24) is 9.47 Å². The molecular weight excluding hydrogens is 478 g/mol. The average Bonchev–Trinajstić information content (AvgIpc) is 2.78. The molecule has 35 heavy (non-hydrogen) atoms. The monoisotopic (exact) mass is 500 g/mol. The van der Waals surface area contributed by atoms with Crippen molar-refractivity contribution < 1.29 is 35.9 Å². The minimum atomic E-state index is -5.02. The fraction of sp³-hybridized carbons (Fsp3) is 0.333. The zero-order chi connectivity index (χ0) is 26.1. The maximum absolute atomic E-state index is 13.3. The molecule has 0 fully saturated rings. The molecule has 3 aromatic rings. The van der Waals surface area contributed by atoms with E-state index in [0.29, 0.717) is 29.5 Å². The van der Waals surface area contributed by atoms with Gasteiger partial charge in [-0.25, -0.2) is 0 Å². The van der Waals surface area contributed by atoms with E-state index in [0.717, 1.165) is 4.90 Å². The summed E-state index contributed by atoms with van der Waals surface area (Å²) in [6, 6.07) is 7.81. The molecule has 0 bridgehead atoms. The molecule has 2 aromatic carbocycles. The van der Waals surface area contributed by atoms with Crippen LogP contribution in [0.25, 0.3) is 10.9 Å². The number of carbonyl (C=O) groups excluding carboxylic acids is 1. The molecule has 0 radical (unpaired) electrons. The molecule has 1 amide bonds. The predicted molar refractivity (Wildman–Crippen MR) is 117 cm³/mol. The molecule has 5 nitrogen and oxygen atoms in total. The minimum absolute atomic E-state index is 0.0150. The number of alkyl halides is 6. The number of aromatic nitrogens is 1. The van der Waals surface area contributed by atoms with Gasteiger partial charge in [0.15, 0.2) is 0 Å². The van der Waals surface area contributed by atoms with E-state index in [-0.39, 0.29) is 24.0 Å². The summed E-state index contributed by atoms with van der Waals surface area (Å²) in [5.74, 6) is -0.879. The van der Waals surface area contributed by atoms with Crippen LogP contribution in [0.15, 0.2) is 47.3 Å². The lowest BCUT2D eigenvalue weighted by atomic mass is 10.0. The highest BCUT2D eigenvalue weighted by Crippen LogP contribution is 2.37. The third-order valence-electron chi connectivity index (χ3n) is 5.33. The average molecular weight is 500 g/mol. The highest BCUT2D eigenvalue weighted by atomic mass is 19.4. The second-order valence-corrected chi connectivity index (χ2v) is 8.01. The summed E-state index contributed by atoms with van der Waals surface area (Å²) in [7, 11) is 2.64. The molecule has 0 saturated heterocycles. The topological polar surface area (TPSA) is 51.5 Å². The number of ether oxygens (including phenoxy) is 1. The number of hydrogen-bond donors (Lipinski definition) is 0. The normalized spacial score (nSPS) is 12.1. The van der Waals surface area contributed by atoms with Crippen molar-refractivity contribution in [3.8, 4) is 5.75 Å². The van der Waals surface area contributed by atoms with Crippen molar-refractivity contribution in [3.63, 3.8) is 0 Å². The van der Waals surface area contributed by atoms with Gasteiger partial charge in [0.05, 0.1) is 23.3 Å². The molecule has 188 valence electrons. The van der Waals surface area contributed by atoms with Crippen LogP contribution in [0.5, 0.6) is 5.75 Å². The number of halogens is 6. The minimum Gasteiger partial charge on any atom is -0.492 e. The Morgan fingerprint density at radius 2 is 1.57 bits per heavy atom. The van der Waals surface area contributed by atoms with E-state index < -0.39 is 47.1 Å². The van der Waals surface area contributed by atoms with Crippen molar-refractivity contribution in [2.24, 2.45) is 7.05 Å². The second-order valence-electron chi connectivity index (χ2n) is 8.01. The zero-order valence-corrected chi connectivity index (χ0v) is 19.0. The molecule has 11 heteroatoms. The summed E-state index contributed by atoms with van der Waals surface area (Å²) in [5, 5.41) is 0.471. The molecule has 0 saturated carbocycles. The van der Waals surface area contributed by atoms with E-state index >= 15 is 0 Å².